The van der Waals surface area contributed by atoms with Crippen LogP contribution in [-0.4, -0.2) is 21.0 Å². The molecule has 26 heavy (non-hydrogen) atoms. The van der Waals surface area contributed by atoms with Crippen LogP contribution in [0.3, 0.4) is 0 Å². The largest absolute Gasteiger partial charge is 0.339 e. The van der Waals surface area contributed by atoms with Gasteiger partial charge in [-0.15, -0.1) is 11.3 Å². The van der Waals surface area contributed by atoms with Crippen LogP contribution in [0.2, 0.25) is 0 Å². The van der Waals surface area contributed by atoms with Crippen molar-refractivity contribution in [1.29, 1.82) is 0 Å². The van der Waals surface area contributed by atoms with Crippen molar-refractivity contribution in [3.63, 3.8) is 0 Å². The minimum atomic E-state index is -1.90. The summed E-state index contributed by atoms with van der Waals surface area (Å²) in [6, 6.07) is 9.66. The quantitative estimate of drug-likeness (QED) is 0.266. The number of thiophene rings is 1. The predicted octanol–water partition coefficient (Wildman–Crippen LogP) is 4.70. The van der Waals surface area contributed by atoms with Gasteiger partial charge in [-0.3, -0.25) is 4.79 Å². The summed E-state index contributed by atoms with van der Waals surface area (Å²) in [6.45, 7) is 0. The maximum atomic E-state index is 13.7. The maximum absolute atomic E-state index is 13.7. The molecule has 0 saturated heterocycles. The fourth-order valence-electron chi connectivity index (χ4n) is 1.79. The first-order valence-electron chi connectivity index (χ1n) is 7.16. The molecule has 1 heterocycles. The van der Waals surface area contributed by atoms with Gasteiger partial charge in [0.25, 0.3) is 0 Å². The molecule has 0 aliphatic carbocycles. The van der Waals surface area contributed by atoms with Gasteiger partial charge < -0.3 is 16.0 Å². The molecule has 0 bridgehead atoms. The smallest absolute Gasteiger partial charge is 0.245 e. The third-order valence-electron chi connectivity index (χ3n) is 2.95. The van der Waals surface area contributed by atoms with Gasteiger partial charge in [-0.2, -0.15) is 0 Å². The van der Waals surface area contributed by atoms with Gasteiger partial charge in [0.1, 0.15) is 12.0 Å². The van der Waals surface area contributed by atoms with Gasteiger partial charge in [-0.05, 0) is 41.9 Å². The summed E-state index contributed by atoms with van der Waals surface area (Å²) < 4.78 is 11.8. The SMILES string of the molecule is O=C(/C=C/c1cccs1)NC(NC(=S)Nc1ccccc1F)C(Cl)(Cl)Cl. The van der Waals surface area contributed by atoms with Crippen LogP contribution in [0.25, 0.3) is 6.08 Å². The highest BCUT2D eigenvalue weighted by atomic mass is 35.6. The highest BCUT2D eigenvalue weighted by Gasteiger charge is 2.34. The van der Waals surface area contributed by atoms with Gasteiger partial charge in [0, 0.05) is 11.0 Å². The van der Waals surface area contributed by atoms with E-state index in [0.717, 1.165) is 4.88 Å². The van der Waals surface area contributed by atoms with Crippen LogP contribution in [0.15, 0.2) is 47.9 Å². The molecule has 2 rings (SSSR count). The number of halogens is 4. The molecule has 0 saturated carbocycles. The molecule has 0 aliphatic rings. The Morgan fingerprint density at radius 2 is 1.92 bits per heavy atom. The van der Waals surface area contributed by atoms with Crippen molar-refractivity contribution >= 4 is 81.1 Å². The van der Waals surface area contributed by atoms with Crippen LogP contribution in [0.1, 0.15) is 4.88 Å². The third kappa shape index (κ3) is 6.74. The number of carbonyl (C=O) groups is 1. The van der Waals surface area contributed by atoms with Crippen LogP contribution in [0.5, 0.6) is 0 Å². The summed E-state index contributed by atoms with van der Waals surface area (Å²) in [6.07, 6.45) is 1.80. The topological polar surface area (TPSA) is 53.2 Å². The van der Waals surface area contributed by atoms with E-state index in [1.807, 2.05) is 17.5 Å². The summed E-state index contributed by atoms with van der Waals surface area (Å²) in [5.74, 6) is -0.985. The first-order chi connectivity index (χ1) is 12.3. The van der Waals surface area contributed by atoms with Crippen LogP contribution in [0, 0.1) is 5.82 Å². The number of amides is 1. The number of anilines is 1. The Bertz CT molecular complexity index is 794. The molecule has 138 valence electrons. The van der Waals surface area contributed by atoms with Crippen molar-refractivity contribution in [3.8, 4) is 0 Å². The highest BCUT2D eigenvalue weighted by Crippen LogP contribution is 2.29. The van der Waals surface area contributed by atoms with Crippen molar-refractivity contribution < 1.29 is 9.18 Å². The molecule has 0 aliphatic heterocycles. The van der Waals surface area contributed by atoms with E-state index in [0.29, 0.717) is 0 Å². The second-order valence-corrected chi connectivity index (χ2v) is 8.67. The Kier molecular flexibility index (Phi) is 7.67. The molecule has 1 atom stereocenters. The van der Waals surface area contributed by atoms with E-state index < -0.39 is 21.7 Å². The van der Waals surface area contributed by atoms with Gasteiger partial charge in [0.15, 0.2) is 5.11 Å². The van der Waals surface area contributed by atoms with E-state index in [-0.39, 0.29) is 10.8 Å². The van der Waals surface area contributed by atoms with E-state index in [4.69, 9.17) is 47.0 Å². The molecule has 3 N–H and O–H groups in total. The monoisotopic (exact) mass is 451 g/mol. The number of rotatable bonds is 5. The minimum Gasteiger partial charge on any atom is -0.339 e. The lowest BCUT2D eigenvalue weighted by Gasteiger charge is -2.27. The summed E-state index contributed by atoms with van der Waals surface area (Å²) in [7, 11) is 0. The molecule has 1 aromatic heterocycles. The lowest BCUT2D eigenvalue weighted by atomic mass is 10.3. The summed E-state index contributed by atoms with van der Waals surface area (Å²) in [4.78, 5) is 13.0. The number of hydrogen-bond donors (Lipinski definition) is 3. The zero-order valence-corrected chi connectivity index (χ0v) is 16.9. The molecule has 1 aromatic carbocycles. The number of nitrogens with one attached hydrogen (secondary N) is 3. The van der Waals surface area contributed by atoms with Crippen LogP contribution >= 0.6 is 58.4 Å². The van der Waals surface area contributed by atoms with Gasteiger partial charge in [0.05, 0.1) is 5.69 Å². The Balaban J connectivity index is 1.99. The average Bonchev–Trinajstić information content (AvgIpc) is 3.07. The summed E-state index contributed by atoms with van der Waals surface area (Å²) in [5.41, 5.74) is 0.150. The lowest BCUT2D eigenvalue weighted by Crippen LogP contribution is -2.55. The molecule has 0 fully saturated rings. The van der Waals surface area contributed by atoms with Crippen molar-refractivity contribution in [2.45, 2.75) is 9.96 Å². The van der Waals surface area contributed by atoms with Crippen LogP contribution in [0.4, 0.5) is 10.1 Å². The van der Waals surface area contributed by atoms with Crippen molar-refractivity contribution in [2.24, 2.45) is 0 Å². The average molecular weight is 453 g/mol. The normalized spacial score (nSPS) is 12.6. The molecule has 0 radical (unpaired) electrons. The molecule has 10 heteroatoms. The molecule has 1 unspecified atom stereocenters. The molecule has 0 spiro atoms. The molecule has 2 aromatic rings. The number of carbonyl (C=O) groups excluding carboxylic acids is 1. The Morgan fingerprint density at radius 3 is 2.54 bits per heavy atom. The summed E-state index contributed by atoms with van der Waals surface area (Å²) >= 11 is 24.2. The second kappa shape index (κ2) is 9.53. The van der Waals surface area contributed by atoms with E-state index in [9.17, 15) is 9.18 Å². The molecular weight excluding hydrogens is 440 g/mol. The first kappa shape index (κ1) is 20.9. The van der Waals surface area contributed by atoms with Gasteiger partial charge in [0.2, 0.25) is 9.70 Å². The Labute approximate surface area is 174 Å². The maximum Gasteiger partial charge on any atom is 0.245 e. The van der Waals surface area contributed by atoms with Crippen molar-refractivity contribution in [1.82, 2.24) is 10.6 Å². The highest BCUT2D eigenvalue weighted by molar-refractivity contribution is 7.80. The zero-order chi connectivity index (χ0) is 19.2. The van der Waals surface area contributed by atoms with E-state index >= 15 is 0 Å². The zero-order valence-electron chi connectivity index (χ0n) is 13.0. The first-order valence-corrected chi connectivity index (χ1v) is 9.59. The van der Waals surface area contributed by atoms with Gasteiger partial charge >= 0.3 is 0 Å². The number of benzene rings is 1. The van der Waals surface area contributed by atoms with Crippen LogP contribution in [-0.2, 0) is 4.79 Å². The summed E-state index contributed by atoms with van der Waals surface area (Å²) in [5, 5.41) is 9.66. The molecular formula is C16H13Cl3FN3OS2. The minimum absolute atomic E-state index is 0.0195. The van der Waals surface area contributed by atoms with E-state index in [1.165, 1.54) is 29.5 Å². The fraction of sp³-hybridized carbons (Fsp3) is 0.125. The number of alkyl halides is 3. The van der Waals surface area contributed by atoms with Gasteiger partial charge in [-0.25, -0.2) is 4.39 Å². The fourth-order valence-corrected chi connectivity index (χ4v) is 2.96. The van der Waals surface area contributed by atoms with E-state index in [1.54, 1.807) is 18.2 Å². The number of thiocarbonyl (C=S) groups is 1. The Hall–Kier alpha value is -1.38. The standard InChI is InChI=1S/C16H13Cl3FN3OS2/c17-16(18,19)14(22-13(24)8-7-10-4-3-9-26-10)23-15(25)21-12-6-2-1-5-11(12)20/h1-9,14H,(H,22,24)(H2,21,23,25)/b8-7+. The number of para-hydroxylation sites is 1. The molecule has 1 amide bonds. The number of hydrogen-bond acceptors (Lipinski definition) is 3. The van der Waals surface area contributed by atoms with Crippen molar-refractivity contribution in [2.75, 3.05) is 5.32 Å². The predicted molar refractivity (Wildman–Crippen MR) is 111 cm³/mol. The molecule has 4 nitrogen and oxygen atoms in total. The van der Waals surface area contributed by atoms with Crippen molar-refractivity contribution in [3.05, 3.63) is 58.5 Å². The lowest BCUT2D eigenvalue weighted by molar-refractivity contribution is -0.117. The Morgan fingerprint density at radius 1 is 1.19 bits per heavy atom. The van der Waals surface area contributed by atoms with E-state index in [2.05, 4.69) is 16.0 Å². The second-order valence-electron chi connectivity index (χ2n) is 4.91. The third-order valence-corrected chi connectivity index (χ3v) is 4.67. The van der Waals surface area contributed by atoms with Gasteiger partial charge in [-0.1, -0.05) is 53.0 Å². The van der Waals surface area contributed by atoms with Crippen LogP contribution < -0.4 is 16.0 Å².